The van der Waals surface area contributed by atoms with Gasteiger partial charge in [-0.2, -0.15) is 4.98 Å². The molecule has 1 aliphatic heterocycles. The maximum Gasteiger partial charge on any atom is 0.300 e. The SMILES string of the molecule is CC(C)(C)c1nnc(-c2ccc(C(=O)N3CCN(c4nc5nc(Cl)ccc5o4)CC3)cc2Cl)o1. The number of nitrogens with zero attached hydrogens (tertiary/aromatic N) is 6. The Kier molecular flexibility index (Phi) is 5.69. The number of oxazole rings is 1. The predicted molar refractivity (Wildman–Crippen MR) is 128 cm³/mol. The molecule has 5 rings (SSSR count). The number of pyridine rings is 1. The van der Waals surface area contributed by atoms with Crippen molar-refractivity contribution in [1.82, 2.24) is 25.1 Å². The van der Waals surface area contributed by atoms with Gasteiger partial charge in [-0.05, 0) is 30.3 Å². The molecule has 0 unspecified atom stereocenters. The Hall–Kier alpha value is -3.17. The zero-order valence-corrected chi connectivity index (χ0v) is 20.4. The highest BCUT2D eigenvalue weighted by molar-refractivity contribution is 6.33. The molecule has 0 bridgehead atoms. The highest BCUT2D eigenvalue weighted by Gasteiger charge is 2.27. The maximum atomic E-state index is 13.1. The summed E-state index contributed by atoms with van der Waals surface area (Å²) < 4.78 is 11.6. The molecule has 0 atom stereocenters. The standard InChI is InChI=1S/C23H22Cl2N6O3/c1-23(2,3)21-29-28-19(34-21)14-5-4-13(12-15(14)24)20(32)30-8-10-31(11-9-30)22-27-18-16(33-22)6-7-17(25)26-18/h4-7,12H,8-11H2,1-3H3. The van der Waals surface area contributed by atoms with Crippen LogP contribution in [-0.2, 0) is 5.41 Å². The van der Waals surface area contributed by atoms with Gasteiger partial charge < -0.3 is 18.6 Å². The Bertz CT molecular complexity index is 1370. The molecule has 176 valence electrons. The zero-order chi connectivity index (χ0) is 24.0. The molecule has 0 N–H and O–H groups in total. The summed E-state index contributed by atoms with van der Waals surface area (Å²) >= 11 is 12.4. The molecule has 0 aliphatic carbocycles. The molecule has 4 heterocycles. The van der Waals surface area contributed by atoms with Crippen molar-refractivity contribution in [2.75, 3.05) is 31.1 Å². The molecule has 9 nitrogen and oxygen atoms in total. The van der Waals surface area contributed by atoms with E-state index in [2.05, 4.69) is 20.2 Å². The number of carbonyl (C=O) groups is 1. The summed E-state index contributed by atoms with van der Waals surface area (Å²) in [5.74, 6) is 0.756. The molecule has 0 saturated carbocycles. The molecule has 1 aliphatic rings. The number of carbonyl (C=O) groups excluding carboxylic acids is 1. The van der Waals surface area contributed by atoms with Crippen LogP contribution in [0, 0.1) is 0 Å². The quantitative estimate of drug-likeness (QED) is 0.368. The van der Waals surface area contributed by atoms with E-state index in [-0.39, 0.29) is 11.3 Å². The Balaban J connectivity index is 1.27. The van der Waals surface area contributed by atoms with E-state index < -0.39 is 0 Å². The molecule has 1 fully saturated rings. The fourth-order valence-electron chi connectivity index (χ4n) is 3.66. The number of amides is 1. The summed E-state index contributed by atoms with van der Waals surface area (Å²) in [6, 6.07) is 8.98. The van der Waals surface area contributed by atoms with Gasteiger partial charge >= 0.3 is 0 Å². The number of anilines is 1. The number of hydrogen-bond acceptors (Lipinski definition) is 8. The van der Waals surface area contributed by atoms with Crippen molar-refractivity contribution in [2.45, 2.75) is 26.2 Å². The van der Waals surface area contributed by atoms with Gasteiger partial charge in [-0.3, -0.25) is 4.79 Å². The van der Waals surface area contributed by atoms with Crippen LogP contribution in [0.25, 0.3) is 22.7 Å². The van der Waals surface area contributed by atoms with E-state index in [1.807, 2.05) is 25.7 Å². The van der Waals surface area contributed by atoms with Gasteiger partial charge in [0.2, 0.25) is 17.4 Å². The van der Waals surface area contributed by atoms with Gasteiger partial charge in [0.05, 0.1) is 10.6 Å². The first kappa shape index (κ1) is 22.6. The normalized spacial score (nSPS) is 14.7. The second-order valence-electron chi connectivity index (χ2n) is 9.09. The lowest BCUT2D eigenvalue weighted by Gasteiger charge is -2.33. The maximum absolute atomic E-state index is 13.1. The monoisotopic (exact) mass is 500 g/mol. The van der Waals surface area contributed by atoms with Crippen molar-refractivity contribution >= 4 is 46.4 Å². The fraction of sp³-hybridized carbons (Fsp3) is 0.348. The Labute approximate surface area is 205 Å². The van der Waals surface area contributed by atoms with Crippen molar-refractivity contribution in [3.63, 3.8) is 0 Å². The molecule has 1 aromatic carbocycles. The average molecular weight is 501 g/mol. The van der Waals surface area contributed by atoms with Crippen LogP contribution in [0.2, 0.25) is 10.2 Å². The average Bonchev–Trinajstić information content (AvgIpc) is 3.46. The Morgan fingerprint density at radius 1 is 0.971 bits per heavy atom. The summed E-state index contributed by atoms with van der Waals surface area (Å²) in [6.45, 7) is 8.16. The molecule has 1 amide bonds. The van der Waals surface area contributed by atoms with E-state index in [1.165, 1.54) is 0 Å². The number of rotatable bonds is 3. The minimum absolute atomic E-state index is 0.0972. The lowest BCUT2D eigenvalue weighted by Crippen LogP contribution is -2.48. The number of fused-ring (bicyclic) bond motifs is 1. The number of aromatic nitrogens is 4. The summed E-state index contributed by atoms with van der Waals surface area (Å²) in [5, 5.41) is 8.96. The Morgan fingerprint density at radius 2 is 1.74 bits per heavy atom. The van der Waals surface area contributed by atoms with Crippen molar-refractivity contribution in [3.8, 4) is 11.5 Å². The van der Waals surface area contributed by atoms with Crippen LogP contribution >= 0.6 is 23.2 Å². The molecule has 0 radical (unpaired) electrons. The van der Waals surface area contributed by atoms with Gasteiger partial charge in [0, 0.05) is 37.2 Å². The first-order chi connectivity index (χ1) is 16.2. The molecule has 3 aromatic heterocycles. The van der Waals surface area contributed by atoms with Gasteiger partial charge in [0.15, 0.2) is 5.58 Å². The highest BCUT2D eigenvalue weighted by atomic mass is 35.5. The number of halogens is 2. The van der Waals surface area contributed by atoms with Crippen molar-refractivity contribution < 1.29 is 13.6 Å². The molecule has 11 heteroatoms. The van der Waals surface area contributed by atoms with Crippen molar-refractivity contribution in [3.05, 3.63) is 52.0 Å². The zero-order valence-electron chi connectivity index (χ0n) is 18.9. The number of benzene rings is 1. The smallest absolute Gasteiger partial charge is 0.300 e. The molecule has 34 heavy (non-hydrogen) atoms. The molecule has 4 aromatic rings. The minimum Gasteiger partial charge on any atom is -0.422 e. The van der Waals surface area contributed by atoms with E-state index in [0.717, 1.165) is 0 Å². The third kappa shape index (κ3) is 4.33. The van der Waals surface area contributed by atoms with Crippen LogP contribution in [0.15, 0.2) is 39.2 Å². The molecular weight excluding hydrogens is 479 g/mol. The second-order valence-corrected chi connectivity index (χ2v) is 9.88. The van der Waals surface area contributed by atoms with Crippen molar-refractivity contribution in [2.24, 2.45) is 0 Å². The Morgan fingerprint density at radius 3 is 2.41 bits per heavy atom. The molecule has 1 saturated heterocycles. The van der Waals surface area contributed by atoms with E-state index in [0.29, 0.717) is 76.5 Å². The van der Waals surface area contributed by atoms with E-state index in [1.54, 1.807) is 35.2 Å². The van der Waals surface area contributed by atoms with E-state index >= 15 is 0 Å². The third-order valence-electron chi connectivity index (χ3n) is 5.56. The first-order valence-electron chi connectivity index (χ1n) is 10.8. The number of hydrogen-bond donors (Lipinski definition) is 0. The predicted octanol–water partition coefficient (Wildman–Crippen LogP) is 4.84. The van der Waals surface area contributed by atoms with Crippen LogP contribution < -0.4 is 4.90 Å². The largest absolute Gasteiger partial charge is 0.422 e. The lowest BCUT2D eigenvalue weighted by atomic mass is 9.97. The molecule has 0 spiro atoms. The topological polar surface area (TPSA) is 101 Å². The van der Waals surface area contributed by atoms with Crippen LogP contribution in [-0.4, -0.2) is 57.2 Å². The van der Waals surface area contributed by atoms with Crippen LogP contribution in [0.5, 0.6) is 0 Å². The van der Waals surface area contributed by atoms with Crippen LogP contribution in [0.1, 0.15) is 37.0 Å². The van der Waals surface area contributed by atoms with Crippen molar-refractivity contribution in [1.29, 1.82) is 0 Å². The van der Waals surface area contributed by atoms with E-state index in [9.17, 15) is 4.79 Å². The second kappa shape index (κ2) is 8.56. The van der Waals surface area contributed by atoms with Gasteiger partial charge in [-0.15, -0.1) is 10.2 Å². The van der Waals surface area contributed by atoms with Gasteiger partial charge in [-0.1, -0.05) is 44.0 Å². The highest BCUT2D eigenvalue weighted by Crippen LogP contribution is 2.31. The van der Waals surface area contributed by atoms with Crippen LogP contribution in [0.4, 0.5) is 6.01 Å². The van der Waals surface area contributed by atoms with Gasteiger partial charge in [-0.25, -0.2) is 4.98 Å². The lowest BCUT2D eigenvalue weighted by molar-refractivity contribution is 0.0745. The first-order valence-corrected chi connectivity index (χ1v) is 11.6. The summed E-state index contributed by atoms with van der Waals surface area (Å²) in [5.41, 5.74) is 1.86. The van der Waals surface area contributed by atoms with Gasteiger partial charge in [0.25, 0.3) is 11.9 Å². The third-order valence-corrected chi connectivity index (χ3v) is 6.08. The van der Waals surface area contributed by atoms with E-state index in [4.69, 9.17) is 32.0 Å². The minimum atomic E-state index is -0.267. The number of piperazine rings is 1. The van der Waals surface area contributed by atoms with Crippen LogP contribution in [0.3, 0.4) is 0 Å². The molecular formula is C23H22Cl2N6O3. The van der Waals surface area contributed by atoms with Gasteiger partial charge in [0.1, 0.15) is 5.15 Å². The fourth-order valence-corrected chi connectivity index (χ4v) is 4.06. The summed E-state index contributed by atoms with van der Waals surface area (Å²) in [7, 11) is 0. The summed E-state index contributed by atoms with van der Waals surface area (Å²) in [4.78, 5) is 25.4. The summed E-state index contributed by atoms with van der Waals surface area (Å²) in [6.07, 6.45) is 0.